The maximum atomic E-state index is 4.70. The van der Waals surface area contributed by atoms with Crippen LogP contribution >= 0.6 is 0 Å². The molecule has 2 aliphatic carbocycles. The highest BCUT2D eigenvalue weighted by Gasteiger charge is 2.47. The molecule has 0 fully saturated rings. The second-order valence-corrected chi connectivity index (χ2v) is 14.8. The Morgan fingerprint density at radius 3 is 1.33 bits per heavy atom. The van der Waals surface area contributed by atoms with Crippen LogP contribution in [0.15, 0.2) is 200 Å². The van der Waals surface area contributed by atoms with E-state index in [-0.39, 0.29) is 5.41 Å². The normalized spacial score (nSPS) is 13.1. The summed E-state index contributed by atoms with van der Waals surface area (Å²) in [7, 11) is 0. The number of nitrogens with zero attached hydrogens (tertiary/aromatic N) is 1. The zero-order valence-electron chi connectivity index (χ0n) is 30.6. The molecule has 0 aliphatic heterocycles. The summed E-state index contributed by atoms with van der Waals surface area (Å²) in [4.78, 5) is 4.70. The highest BCUT2D eigenvalue weighted by Crippen LogP contribution is 2.56. The van der Waals surface area contributed by atoms with Gasteiger partial charge in [-0.2, -0.15) is 0 Å². The van der Waals surface area contributed by atoms with Crippen molar-refractivity contribution in [3.05, 3.63) is 256 Å². The molecule has 0 saturated carbocycles. The number of pyridine rings is 1. The zero-order chi connectivity index (χ0) is 36.6. The van der Waals surface area contributed by atoms with Crippen LogP contribution in [-0.2, 0) is 18.3 Å². The van der Waals surface area contributed by atoms with Crippen LogP contribution in [-0.4, -0.2) is 4.98 Å². The molecular weight excluding hydrogens is 663 g/mol. The summed E-state index contributed by atoms with van der Waals surface area (Å²) in [6.07, 6.45) is 8.54. The van der Waals surface area contributed by atoms with Crippen molar-refractivity contribution in [1.82, 2.24) is 4.98 Å². The first-order valence-corrected chi connectivity index (χ1v) is 19.2. The first kappa shape index (κ1) is 32.8. The van der Waals surface area contributed by atoms with E-state index in [2.05, 4.69) is 200 Å². The van der Waals surface area contributed by atoms with Crippen molar-refractivity contribution in [2.24, 2.45) is 0 Å². The topological polar surface area (TPSA) is 12.9 Å². The smallest absolute Gasteiger partial charge is 0.0702 e. The lowest BCUT2D eigenvalue weighted by Gasteiger charge is -2.27. The minimum absolute atomic E-state index is 0.192. The van der Waals surface area contributed by atoms with Crippen molar-refractivity contribution in [3.63, 3.8) is 0 Å². The standard InChI is InChI=1S/C54H39N/c1-5-15-40(16-6-1)49(41-17-7-2-8-18-41)31-38-24-28-47-48-29-25-39(32-50(42-19-9-3-10-20-42)43-21-11-4-12-22-43)34-52(48)54(51(47)33-38)36-45-27-26-44(35-46(45)37-54)53-23-13-14-30-55-53/h1-35H,36-37H2. The second-order valence-electron chi connectivity index (χ2n) is 14.8. The van der Waals surface area contributed by atoms with Crippen molar-refractivity contribution in [3.8, 4) is 22.4 Å². The van der Waals surface area contributed by atoms with Gasteiger partial charge in [0.25, 0.3) is 0 Å². The monoisotopic (exact) mass is 701 g/mol. The molecule has 1 heterocycles. The Kier molecular flexibility index (Phi) is 8.26. The highest BCUT2D eigenvalue weighted by molar-refractivity contribution is 5.94. The minimum atomic E-state index is -0.192. The second kappa shape index (κ2) is 13.9. The van der Waals surface area contributed by atoms with Crippen molar-refractivity contribution in [2.45, 2.75) is 18.3 Å². The van der Waals surface area contributed by atoms with Crippen LogP contribution in [0, 0.1) is 0 Å². The molecule has 0 unspecified atom stereocenters. The van der Waals surface area contributed by atoms with Gasteiger partial charge in [-0.25, -0.2) is 0 Å². The number of hydrogen-bond donors (Lipinski definition) is 0. The Labute approximate surface area is 323 Å². The minimum Gasteiger partial charge on any atom is -0.256 e. The van der Waals surface area contributed by atoms with Crippen LogP contribution in [0.2, 0.25) is 0 Å². The Bertz CT molecular complexity index is 2480. The van der Waals surface area contributed by atoms with E-state index in [9.17, 15) is 0 Å². The number of rotatable bonds is 7. The summed E-state index contributed by atoms with van der Waals surface area (Å²) in [5, 5.41) is 0. The van der Waals surface area contributed by atoms with Crippen LogP contribution < -0.4 is 0 Å². The van der Waals surface area contributed by atoms with Crippen molar-refractivity contribution < 1.29 is 0 Å². The number of fused-ring (bicyclic) bond motifs is 6. The summed E-state index contributed by atoms with van der Waals surface area (Å²) in [5.74, 6) is 0. The fraction of sp³-hybridized carbons (Fsp3) is 0.0556. The third-order valence-electron chi connectivity index (χ3n) is 11.5. The van der Waals surface area contributed by atoms with Gasteiger partial charge in [-0.3, -0.25) is 4.98 Å². The summed E-state index contributed by atoms with van der Waals surface area (Å²) < 4.78 is 0. The lowest BCUT2D eigenvalue weighted by atomic mass is 9.75. The van der Waals surface area contributed by atoms with E-state index in [1.807, 2.05) is 12.3 Å². The third kappa shape index (κ3) is 6.05. The molecule has 0 atom stereocenters. The predicted octanol–water partition coefficient (Wildman–Crippen LogP) is 13.0. The van der Waals surface area contributed by atoms with Crippen LogP contribution in [0.3, 0.4) is 0 Å². The molecule has 2 aliphatic rings. The molecule has 0 bridgehead atoms. The van der Waals surface area contributed by atoms with Gasteiger partial charge in [-0.05, 0) is 121 Å². The molecule has 10 rings (SSSR count). The number of hydrogen-bond acceptors (Lipinski definition) is 1. The Balaban J connectivity index is 1.14. The zero-order valence-corrected chi connectivity index (χ0v) is 30.6. The molecule has 55 heavy (non-hydrogen) atoms. The van der Waals surface area contributed by atoms with Gasteiger partial charge in [0.1, 0.15) is 0 Å². The molecule has 0 N–H and O–H groups in total. The van der Waals surface area contributed by atoms with E-state index < -0.39 is 0 Å². The number of aromatic nitrogens is 1. The summed E-state index contributed by atoms with van der Waals surface area (Å²) >= 11 is 0. The SMILES string of the molecule is C(=C(c1ccccc1)c1ccccc1)c1ccc2c(c1)C1(Cc3ccc(-c4ccccn4)cc3C1)c1cc(C=C(c3ccccc3)c3ccccc3)ccc1-2. The fourth-order valence-electron chi connectivity index (χ4n) is 8.93. The van der Waals surface area contributed by atoms with E-state index in [0.717, 1.165) is 18.5 Å². The molecule has 7 aromatic carbocycles. The van der Waals surface area contributed by atoms with Gasteiger partial charge >= 0.3 is 0 Å². The maximum Gasteiger partial charge on any atom is 0.0702 e. The Morgan fingerprint density at radius 1 is 0.418 bits per heavy atom. The van der Waals surface area contributed by atoms with Crippen molar-refractivity contribution >= 4 is 23.3 Å². The van der Waals surface area contributed by atoms with E-state index in [4.69, 9.17) is 4.98 Å². The molecule has 0 amide bonds. The molecule has 1 spiro atoms. The van der Waals surface area contributed by atoms with Gasteiger partial charge in [0.2, 0.25) is 0 Å². The summed E-state index contributed by atoms with van der Waals surface area (Å²) in [6.45, 7) is 0. The summed E-state index contributed by atoms with van der Waals surface area (Å²) in [5.41, 5.74) is 20.1. The van der Waals surface area contributed by atoms with E-state index in [1.165, 1.54) is 83.5 Å². The van der Waals surface area contributed by atoms with Gasteiger partial charge in [0.15, 0.2) is 0 Å². The molecule has 1 aromatic heterocycles. The van der Waals surface area contributed by atoms with E-state index in [0.29, 0.717) is 0 Å². The van der Waals surface area contributed by atoms with Gasteiger partial charge in [0, 0.05) is 17.2 Å². The largest absolute Gasteiger partial charge is 0.256 e. The Hall–Kier alpha value is -6.83. The molecule has 0 saturated heterocycles. The molecule has 260 valence electrons. The lowest BCUT2D eigenvalue weighted by molar-refractivity contribution is 0.563. The third-order valence-corrected chi connectivity index (χ3v) is 11.5. The maximum absolute atomic E-state index is 4.70. The van der Waals surface area contributed by atoms with Crippen LogP contribution in [0.5, 0.6) is 0 Å². The van der Waals surface area contributed by atoms with Gasteiger partial charge in [0.05, 0.1) is 5.69 Å². The van der Waals surface area contributed by atoms with Crippen LogP contribution in [0.4, 0.5) is 0 Å². The molecular formula is C54H39N. The molecule has 8 aromatic rings. The fourth-order valence-corrected chi connectivity index (χ4v) is 8.93. The number of benzene rings is 7. The van der Waals surface area contributed by atoms with Crippen molar-refractivity contribution in [1.29, 1.82) is 0 Å². The van der Waals surface area contributed by atoms with E-state index in [1.54, 1.807) is 0 Å². The van der Waals surface area contributed by atoms with E-state index >= 15 is 0 Å². The lowest BCUT2D eigenvalue weighted by Crippen LogP contribution is -2.26. The Morgan fingerprint density at radius 2 is 0.873 bits per heavy atom. The van der Waals surface area contributed by atoms with Gasteiger partial charge in [-0.1, -0.05) is 176 Å². The highest BCUT2D eigenvalue weighted by atomic mass is 14.7. The van der Waals surface area contributed by atoms with Gasteiger partial charge in [-0.15, -0.1) is 0 Å². The molecule has 1 nitrogen and oxygen atoms in total. The van der Waals surface area contributed by atoms with Crippen LogP contribution in [0.1, 0.15) is 55.6 Å². The first-order valence-electron chi connectivity index (χ1n) is 19.2. The molecule has 1 heteroatoms. The van der Waals surface area contributed by atoms with Gasteiger partial charge < -0.3 is 0 Å². The van der Waals surface area contributed by atoms with Crippen LogP contribution in [0.25, 0.3) is 45.7 Å². The molecule has 0 radical (unpaired) electrons. The average Bonchev–Trinajstić information content (AvgIpc) is 3.77. The van der Waals surface area contributed by atoms with Crippen molar-refractivity contribution in [2.75, 3.05) is 0 Å². The average molecular weight is 702 g/mol. The summed E-state index contributed by atoms with van der Waals surface area (Å²) in [6, 6.07) is 70.6. The predicted molar refractivity (Wildman–Crippen MR) is 229 cm³/mol. The quantitative estimate of drug-likeness (QED) is 0.151. The first-order chi connectivity index (χ1) is 27.2.